The van der Waals surface area contributed by atoms with Gasteiger partial charge in [0.2, 0.25) is 0 Å². The number of anilines is 1. The lowest BCUT2D eigenvalue weighted by molar-refractivity contribution is 0.559. The molecule has 0 amide bonds. The van der Waals surface area contributed by atoms with E-state index in [1.165, 1.54) is 22.4 Å². The minimum absolute atomic E-state index is 0.708. The summed E-state index contributed by atoms with van der Waals surface area (Å²) in [6.07, 6.45) is 0. The summed E-state index contributed by atoms with van der Waals surface area (Å²) in [6.45, 7) is 7.12. The highest BCUT2D eigenvalue weighted by Gasteiger charge is 2.06. The molecule has 0 radical (unpaired) electrons. The Balaban J connectivity index is 1.83. The largest absolute Gasteiger partial charge is 0.459 e. The molecule has 0 aliphatic carbocycles. The van der Waals surface area contributed by atoms with Crippen molar-refractivity contribution < 1.29 is 4.42 Å². The molecule has 2 nitrogen and oxygen atoms in total. The van der Waals surface area contributed by atoms with Crippen LogP contribution in [0.4, 0.5) is 5.69 Å². The van der Waals surface area contributed by atoms with E-state index in [0.29, 0.717) is 6.54 Å². The molecule has 0 aliphatic rings. The van der Waals surface area contributed by atoms with Gasteiger partial charge in [-0.15, -0.1) is 0 Å². The molecule has 20 heavy (non-hydrogen) atoms. The van der Waals surface area contributed by atoms with Crippen LogP contribution in [0.5, 0.6) is 0 Å². The molecule has 0 saturated carbocycles. The molecule has 2 heteroatoms. The standard InChI is InChI=1S/C18H19NO/c1-12-8-13(2)18(14(3)9-12)19-11-16-10-15-6-4-5-7-17(15)20-16/h4-10,19H,11H2,1-3H3. The Morgan fingerprint density at radius 1 is 0.950 bits per heavy atom. The maximum atomic E-state index is 5.83. The Morgan fingerprint density at radius 2 is 1.65 bits per heavy atom. The molecular formula is C18H19NO. The van der Waals surface area contributed by atoms with Crippen LogP contribution in [0, 0.1) is 20.8 Å². The van der Waals surface area contributed by atoms with Crippen LogP contribution in [-0.2, 0) is 6.54 Å². The van der Waals surface area contributed by atoms with Crippen molar-refractivity contribution in [3.8, 4) is 0 Å². The van der Waals surface area contributed by atoms with Crippen molar-refractivity contribution >= 4 is 16.7 Å². The van der Waals surface area contributed by atoms with Gasteiger partial charge in [-0.3, -0.25) is 0 Å². The first-order chi connectivity index (χ1) is 9.63. The summed E-state index contributed by atoms with van der Waals surface area (Å²) in [6, 6.07) is 14.6. The Morgan fingerprint density at radius 3 is 2.35 bits per heavy atom. The van der Waals surface area contributed by atoms with E-state index < -0.39 is 0 Å². The van der Waals surface area contributed by atoms with Crippen LogP contribution in [0.3, 0.4) is 0 Å². The van der Waals surface area contributed by atoms with Gasteiger partial charge in [-0.25, -0.2) is 0 Å². The second-order valence-electron chi connectivity index (χ2n) is 5.38. The molecule has 1 heterocycles. The van der Waals surface area contributed by atoms with E-state index in [-0.39, 0.29) is 0 Å². The van der Waals surface area contributed by atoms with E-state index in [4.69, 9.17) is 4.42 Å². The van der Waals surface area contributed by atoms with Gasteiger partial charge < -0.3 is 9.73 Å². The normalized spacial score (nSPS) is 10.9. The van der Waals surface area contributed by atoms with Crippen LogP contribution in [-0.4, -0.2) is 0 Å². The van der Waals surface area contributed by atoms with Gasteiger partial charge in [0.05, 0.1) is 6.54 Å². The molecule has 0 unspecified atom stereocenters. The number of furan rings is 1. The van der Waals surface area contributed by atoms with E-state index in [1.54, 1.807) is 0 Å². The van der Waals surface area contributed by atoms with Gasteiger partial charge in [-0.1, -0.05) is 35.9 Å². The van der Waals surface area contributed by atoms with Crippen molar-refractivity contribution in [3.63, 3.8) is 0 Å². The topological polar surface area (TPSA) is 25.2 Å². The smallest absolute Gasteiger partial charge is 0.134 e. The fraction of sp³-hybridized carbons (Fsp3) is 0.222. The molecule has 0 atom stereocenters. The van der Waals surface area contributed by atoms with Crippen molar-refractivity contribution in [2.45, 2.75) is 27.3 Å². The second kappa shape index (κ2) is 5.04. The van der Waals surface area contributed by atoms with Gasteiger partial charge in [0.25, 0.3) is 0 Å². The van der Waals surface area contributed by atoms with E-state index in [0.717, 1.165) is 16.7 Å². The lowest BCUT2D eigenvalue weighted by atomic mass is 10.1. The van der Waals surface area contributed by atoms with Gasteiger partial charge in [0.15, 0.2) is 0 Å². The Labute approximate surface area is 119 Å². The zero-order valence-corrected chi connectivity index (χ0v) is 12.2. The monoisotopic (exact) mass is 265 g/mol. The molecule has 0 bridgehead atoms. The van der Waals surface area contributed by atoms with Gasteiger partial charge >= 0.3 is 0 Å². The van der Waals surface area contributed by atoms with Crippen LogP contribution in [0.2, 0.25) is 0 Å². The molecule has 102 valence electrons. The molecule has 3 aromatic rings. The number of benzene rings is 2. The fourth-order valence-electron chi connectivity index (χ4n) is 2.76. The predicted octanol–water partition coefficient (Wildman–Crippen LogP) is 4.97. The molecule has 3 rings (SSSR count). The summed E-state index contributed by atoms with van der Waals surface area (Å²) in [7, 11) is 0. The molecule has 0 aliphatic heterocycles. The average Bonchev–Trinajstić information content (AvgIpc) is 2.80. The summed E-state index contributed by atoms with van der Waals surface area (Å²) in [5, 5.41) is 4.65. The van der Waals surface area contributed by atoms with Crippen molar-refractivity contribution in [2.24, 2.45) is 0 Å². The Bertz CT molecular complexity index is 699. The molecule has 0 saturated heterocycles. The zero-order valence-electron chi connectivity index (χ0n) is 12.2. The number of rotatable bonds is 3. The van der Waals surface area contributed by atoms with Gasteiger partial charge in [-0.05, 0) is 44.0 Å². The summed E-state index contributed by atoms with van der Waals surface area (Å²) in [4.78, 5) is 0. The first-order valence-corrected chi connectivity index (χ1v) is 6.92. The van der Waals surface area contributed by atoms with E-state index in [1.807, 2.05) is 18.2 Å². The zero-order chi connectivity index (χ0) is 14.1. The number of hydrogen-bond donors (Lipinski definition) is 1. The number of para-hydroxylation sites is 1. The second-order valence-corrected chi connectivity index (χ2v) is 5.38. The van der Waals surface area contributed by atoms with Crippen molar-refractivity contribution in [2.75, 3.05) is 5.32 Å². The molecule has 1 aromatic heterocycles. The number of fused-ring (bicyclic) bond motifs is 1. The highest BCUT2D eigenvalue weighted by atomic mass is 16.3. The van der Waals surface area contributed by atoms with E-state index in [9.17, 15) is 0 Å². The van der Waals surface area contributed by atoms with Crippen LogP contribution >= 0.6 is 0 Å². The van der Waals surface area contributed by atoms with Gasteiger partial charge in [0, 0.05) is 11.1 Å². The highest BCUT2D eigenvalue weighted by Crippen LogP contribution is 2.24. The number of aryl methyl sites for hydroxylation is 3. The number of hydrogen-bond acceptors (Lipinski definition) is 2. The third-order valence-corrected chi connectivity index (χ3v) is 3.59. The predicted molar refractivity (Wildman–Crippen MR) is 84.2 cm³/mol. The quantitative estimate of drug-likeness (QED) is 0.723. The molecule has 0 fully saturated rings. The van der Waals surface area contributed by atoms with Crippen LogP contribution in [0.25, 0.3) is 11.0 Å². The van der Waals surface area contributed by atoms with Crippen molar-refractivity contribution in [3.05, 3.63) is 64.9 Å². The number of nitrogens with one attached hydrogen (secondary N) is 1. The minimum Gasteiger partial charge on any atom is -0.459 e. The fourth-order valence-corrected chi connectivity index (χ4v) is 2.76. The average molecular weight is 265 g/mol. The van der Waals surface area contributed by atoms with E-state index in [2.05, 4.69) is 50.4 Å². The SMILES string of the molecule is Cc1cc(C)c(NCc2cc3ccccc3o2)c(C)c1. The van der Waals surface area contributed by atoms with Crippen LogP contribution in [0.15, 0.2) is 46.9 Å². The van der Waals surface area contributed by atoms with Gasteiger partial charge in [0.1, 0.15) is 11.3 Å². The highest BCUT2D eigenvalue weighted by molar-refractivity contribution is 5.77. The summed E-state index contributed by atoms with van der Waals surface area (Å²) in [5.74, 6) is 0.963. The first-order valence-electron chi connectivity index (χ1n) is 6.92. The Kier molecular flexibility index (Phi) is 3.23. The van der Waals surface area contributed by atoms with Gasteiger partial charge in [-0.2, -0.15) is 0 Å². The summed E-state index contributed by atoms with van der Waals surface area (Å²) < 4.78 is 5.83. The molecule has 2 aromatic carbocycles. The maximum absolute atomic E-state index is 5.83. The molecule has 1 N–H and O–H groups in total. The summed E-state index contributed by atoms with van der Waals surface area (Å²) in [5.41, 5.74) is 6.00. The molecular weight excluding hydrogens is 246 g/mol. The lowest BCUT2D eigenvalue weighted by Gasteiger charge is -2.12. The van der Waals surface area contributed by atoms with Crippen LogP contribution in [0.1, 0.15) is 22.5 Å². The van der Waals surface area contributed by atoms with Crippen LogP contribution < -0.4 is 5.32 Å². The molecule has 0 spiro atoms. The lowest BCUT2D eigenvalue weighted by Crippen LogP contribution is -2.02. The Hall–Kier alpha value is -2.22. The van der Waals surface area contributed by atoms with Crippen molar-refractivity contribution in [1.29, 1.82) is 0 Å². The first kappa shape index (κ1) is 12.8. The third kappa shape index (κ3) is 2.42. The minimum atomic E-state index is 0.708. The maximum Gasteiger partial charge on any atom is 0.134 e. The third-order valence-electron chi connectivity index (χ3n) is 3.59. The van der Waals surface area contributed by atoms with Crippen molar-refractivity contribution in [1.82, 2.24) is 0 Å². The summed E-state index contributed by atoms with van der Waals surface area (Å²) >= 11 is 0. The van der Waals surface area contributed by atoms with E-state index >= 15 is 0 Å².